The molecular formula is C9H7FN2O2. The predicted octanol–water partition coefficient (Wildman–Crippen LogP) is 1.77. The summed E-state index contributed by atoms with van der Waals surface area (Å²) in [6, 6.07) is 5.54. The van der Waals surface area contributed by atoms with Gasteiger partial charge >= 0.3 is 0 Å². The van der Waals surface area contributed by atoms with Crippen molar-refractivity contribution in [3.63, 3.8) is 0 Å². The van der Waals surface area contributed by atoms with Crippen LogP contribution in [0.3, 0.4) is 0 Å². The number of hydrogen-bond acceptors (Lipinski definition) is 4. The van der Waals surface area contributed by atoms with Crippen LogP contribution in [0.2, 0.25) is 0 Å². The summed E-state index contributed by atoms with van der Waals surface area (Å²) < 4.78 is 17.7. The Labute approximate surface area is 78.8 Å². The molecule has 1 aromatic heterocycles. The molecule has 14 heavy (non-hydrogen) atoms. The molecule has 0 amide bonds. The van der Waals surface area contributed by atoms with Crippen molar-refractivity contribution in [1.29, 1.82) is 0 Å². The molecule has 72 valence electrons. The molecule has 0 fully saturated rings. The van der Waals surface area contributed by atoms with Crippen LogP contribution in [0.4, 0.5) is 10.2 Å². The van der Waals surface area contributed by atoms with Crippen LogP contribution < -0.4 is 5.73 Å². The maximum absolute atomic E-state index is 12.9. The Kier molecular flexibility index (Phi) is 1.85. The van der Waals surface area contributed by atoms with E-state index < -0.39 is 11.6 Å². The molecule has 0 unspecified atom stereocenters. The lowest BCUT2D eigenvalue weighted by molar-refractivity contribution is 0.416. The Morgan fingerprint density at radius 3 is 2.86 bits per heavy atom. The van der Waals surface area contributed by atoms with Crippen LogP contribution in [0.15, 0.2) is 28.8 Å². The lowest BCUT2D eigenvalue weighted by Crippen LogP contribution is -1.81. The van der Waals surface area contributed by atoms with Gasteiger partial charge in [0.15, 0.2) is 23.1 Å². The van der Waals surface area contributed by atoms with Crippen molar-refractivity contribution in [2.75, 3.05) is 5.73 Å². The van der Waals surface area contributed by atoms with Gasteiger partial charge in [0.25, 0.3) is 0 Å². The zero-order chi connectivity index (χ0) is 10.1. The average Bonchev–Trinajstić information content (AvgIpc) is 2.57. The monoisotopic (exact) mass is 194 g/mol. The molecule has 0 atom stereocenters. The molecule has 0 aliphatic carbocycles. The number of nitrogens with two attached hydrogens (primary N) is 1. The van der Waals surface area contributed by atoms with Crippen LogP contribution in [0.1, 0.15) is 0 Å². The highest BCUT2D eigenvalue weighted by Crippen LogP contribution is 2.31. The predicted molar refractivity (Wildman–Crippen MR) is 48.0 cm³/mol. The van der Waals surface area contributed by atoms with E-state index in [2.05, 4.69) is 5.16 Å². The average molecular weight is 194 g/mol. The fraction of sp³-hybridized carbons (Fsp3) is 0. The van der Waals surface area contributed by atoms with Gasteiger partial charge in [0.1, 0.15) is 0 Å². The third-order valence-electron chi connectivity index (χ3n) is 1.78. The minimum atomic E-state index is -0.711. The Morgan fingerprint density at radius 1 is 1.43 bits per heavy atom. The molecule has 1 aromatic carbocycles. The van der Waals surface area contributed by atoms with Gasteiger partial charge in [-0.25, -0.2) is 4.39 Å². The second-order valence-electron chi connectivity index (χ2n) is 2.75. The van der Waals surface area contributed by atoms with Gasteiger partial charge in [0.05, 0.1) is 5.56 Å². The molecule has 0 radical (unpaired) electrons. The number of phenols is 1. The van der Waals surface area contributed by atoms with Gasteiger partial charge in [-0.1, -0.05) is 11.2 Å². The summed E-state index contributed by atoms with van der Waals surface area (Å²) in [6.45, 7) is 0. The van der Waals surface area contributed by atoms with Gasteiger partial charge in [0, 0.05) is 6.07 Å². The number of aromatic nitrogens is 1. The van der Waals surface area contributed by atoms with Crippen molar-refractivity contribution in [3.8, 4) is 17.1 Å². The second-order valence-corrected chi connectivity index (χ2v) is 2.75. The summed E-state index contributed by atoms with van der Waals surface area (Å²) in [4.78, 5) is 0. The molecule has 0 spiro atoms. The number of phenolic OH excluding ortho intramolecular Hbond substituents is 1. The van der Waals surface area contributed by atoms with Crippen molar-refractivity contribution in [3.05, 3.63) is 30.1 Å². The molecule has 0 saturated carbocycles. The van der Waals surface area contributed by atoms with Crippen LogP contribution >= 0.6 is 0 Å². The van der Waals surface area contributed by atoms with Gasteiger partial charge in [0.2, 0.25) is 0 Å². The minimum absolute atomic E-state index is 0.184. The number of anilines is 1. The SMILES string of the molecule is Nc1cc(-c2cccc(F)c2O)on1. The number of aromatic hydroxyl groups is 1. The van der Waals surface area contributed by atoms with Crippen LogP contribution in [-0.4, -0.2) is 10.3 Å². The largest absolute Gasteiger partial charge is 0.504 e. The standard InChI is InChI=1S/C9H7FN2O2/c10-6-3-1-2-5(9(6)13)7-4-8(11)12-14-7/h1-4,13H,(H2,11,12). The van der Waals surface area contributed by atoms with E-state index in [0.717, 1.165) is 6.07 Å². The van der Waals surface area contributed by atoms with Crippen LogP contribution in [0.25, 0.3) is 11.3 Å². The topological polar surface area (TPSA) is 72.3 Å². The maximum atomic E-state index is 12.9. The number of nitrogen functional groups attached to an aromatic ring is 1. The van der Waals surface area contributed by atoms with E-state index in [0.29, 0.717) is 0 Å². The van der Waals surface area contributed by atoms with Gasteiger partial charge < -0.3 is 15.4 Å². The molecule has 1 heterocycles. The van der Waals surface area contributed by atoms with E-state index in [-0.39, 0.29) is 17.1 Å². The van der Waals surface area contributed by atoms with Gasteiger partial charge in [-0.15, -0.1) is 0 Å². The first kappa shape index (κ1) is 8.55. The first-order valence-corrected chi connectivity index (χ1v) is 3.88. The summed E-state index contributed by atoms with van der Waals surface area (Å²) in [6.07, 6.45) is 0. The Hall–Kier alpha value is -2.04. The lowest BCUT2D eigenvalue weighted by atomic mass is 10.1. The van der Waals surface area contributed by atoms with Crippen molar-refractivity contribution in [2.24, 2.45) is 0 Å². The molecule has 2 aromatic rings. The van der Waals surface area contributed by atoms with E-state index >= 15 is 0 Å². The molecule has 0 saturated heterocycles. The summed E-state index contributed by atoms with van der Waals surface area (Å²) in [5.41, 5.74) is 5.55. The number of halogens is 1. The first-order chi connectivity index (χ1) is 6.68. The van der Waals surface area contributed by atoms with E-state index in [1.807, 2.05) is 0 Å². The summed E-state index contributed by atoms with van der Waals surface area (Å²) in [7, 11) is 0. The molecule has 0 aliphatic heterocycles. The van der Waals surface area contributed by atoms with Gasteiger partial charge in [-0.05, 0) is 12.1 Å². The van der Waals surface area contributed by atoms with E-state index in [4.69, 9.17) is 10.3 Å². The Balaban J connectivity index is 2.57. The molecule has 0 bridgehead atoms. The summed E-state index contributed by atoms with van der Waals surface area (Å²) >= 11 is 0. The van der Waals surface area contributed by atoms with E-state index in [1.54, 1.807) is 0 Å². The van der Waals surface area contributed by atoms with Crippen molar-refractivity contribution in [1.82, 2.24) is 5.16 Å². The van der Waals surface area contributed by atoms with E-state index in [9.17, 15) is 9.50 Å². The normalized spacial score (nSPS) is 10.4. The van der Waals surface area contributed by atoms with Crippen LogP contribution in [-0.2, 0) is 0 Å². The first-order valence-electron chi connectivity index (χ1n) is 3.88. The number of hydrogen-bond donors (Lipinski definition) is 2. The lowest BCUT2D eigenvalue weighted by Gasteiger charge is -1.99. The number of nitrogens with zero attached hydrogens (tertiary/aromatic N) is 1. The summed E-state index contributed by atoms with van der Waals surface area (Å²) in [5, 5.41) is 12.8. The quantitative estimate of drug-likeness (QED) is 0.725. The second kappa shape index (κ2) is 3.02. The molecule has 5 heteroatoms. The number of rotatable bonds is 1. The van der Waals surface area contributed by atoms with Crippen molar-refractivity contribution < 1.29 is 14.0 Å². The maximum Gasteiger partial charge on any atom is 0.172 e. The molecule has 0 aliphatic rings. The van der Waals surface area contributed by atoms with Crippen molar-refractivity contribution >= 4 is 5.82 Å². The highest BCUT2D eigenvalue weighted by atomic mass is 19.1. The summed E-state index contributed by atoms with van der Waals surface area (Å²) in [5.74, 6) is -0.760. The highest BCUT2D eigenvalue weighted by molar-refractivity contribution is 5.67. The molecular weight excluding hydrogens is 187 g/mol. The third kappa shape index (κ3) is 1.28. The number of benzene rings is 1. The fourth-order valence-electron chi connectivity index (χ4n) is 1.13. The zero-order valence-corrected chi connectivity index (χ0v) is 7.07. The number of para-hydroxylation sites is 1. The van der Waals surface area contributed by atoms with Crippen molar-refractivity contribution in [2.45, 2.75) is 0 Å². The van der Waals surface area contributed by atoms with Crippen LogP contribution in [0.5, 0.6) is 5.75 Å². The zero-order valence-electron chi connectivity index (χ0n) is 7.07. The van der Waals surface area contributed by atoms with E-state index in [1.165, 1.54) is 18.2 Å². The molecule has 2 rings (SSSR count). The van der Waals surface area contributed by atoms with Crippen LogP contribution in [0, 0.1) is 5.82 Å². The Bertz CT molecular complexity index is 468. The Morgan fingerprint density at radius 2 is 2.21 bits per heavy atom. The van der Waals surface area contributed by atoms with Gasteiger partial charge in [-0.2, -0.15) is 0 Å². The molecule has 3 N–H and O–H groups in total. The molecule has 4 nitrogen and oxygen atoms in total. The third-order valence-corrected chi connectivity index (χ3v) is 1.78. The smallest absolute Gasteiger partial charge is 0.172 e. The van der Waals surface area contributed by atoms with Gasteiger partial charge in [-0.3, -0.25) is 0 Å². The highest BCUT2D eigenvalue weighted by Gasteiger charge is 2.12. The fourth-order valence-corrected chi connectivity index (χ4v) is 1.13. The minimum Gasteiger partial charge on any atom is -0.504 e.